The monoisotopic (exact) mass is 340 g/mol. The Balaban J connectivity index is 1.61. The van der Waals surface area contributed by atoms with E-state index in [1.807, 2.05) is 19.1 Å². The number of likely N-dealkylation sites (N-methyl/N-ethyl adjacent to an activating group) is 1. The van der Waals surface area contributed by atoms with E-state index in [9.17, 15) is 9.59 Å². The van der Waals surface area contributed by atoms with Crippen molar-refractivity contribution >= 4 is 16.8 Å². The number of hydrogen-bond donors (Lipinski definition) is 2. The van der Waals surface area contributed by atoms with Crippen molar-refractivity contribution in [1.29, 1.82) is 0 Å². The number of amides is 1. The van der Waals surface area contributed by atoms with Crippen LogP contribution in [-0.2, 0) is 11.3 Å². The Morgan fingerprint density at radius 2 is 2.12 bits per heavy atom. The third-order valence-electron chi connectivity index (χ3n) is 3.84. The number of hydrogen-bond acceptors (Lipinski definition) is 5. The second kappa shape index (κ2) is 7.31. The first-order valence-corrected chi connectivity index (χ1v) is 8.02. The van der Waals surface area contributed by atoms with Crippen LogP contribution in [0.3, 0.4) is 0 Å². The molecule has 7 nitrogen and oxygen atoms in total. The Bertz CT molecular complexity index is 917. The zero-order valence-corrected chi connectivity index (χ0v) is 14.2. The summed E-state index contributed by atoms with van der Waals surface area (Å²) in [6, 6.07) is 10.6. The molecule has 0 bridgehead atoms. The first-order valence-electron chi connectivity index (χ1n) is 8.02. The lowest BCUT2D eigenvalue weighted by Crippen LogP contribution is -2.36. The number of rotatable bonds is 6. The van der Waals surface area contributed by atoms with Gasteiger partial charge in [0.25, 0.3) is 5.56 Å². The maximum absolute atomic E-state index is 12.1. The normalized spacial score (nSPS) is 12.4. The average molecular weight is 340 g/mol. The number of carbonyl (C=O) groups is 1. The molecule has 0 unspecified atom stereocenters. The number of benzene rings is 1. The summed E-state index contributed by atoms with van der Waals surface area (Å²) in [4.78, 5) is 33.2. The van der Waals surface area contributed by atoms with Crippen molar-refractivity contribution in [2.24, 2.45) is 0 Å². The fourth-order valence-electron chi connectivity index (χ4n) is 2.66. The highest BCUT2D eigenvalue weighted by molar-refractivity contribution is 5.78. The third-order valence-corrected chi connectivity index (χ3v) is 3.84. The van der Waals surface area contributed by atoms with Gasteiger partial charge in [0, 0.05) is 0 Å². The Morgan fingerprint density at radius 3 is 2.88 bits per heavy atom. The molecule has 0 spiro atoms. The molecule has 0 aliphatic carbocycles. The first-order chi connectivity index (χ1) is 12.0. The van der Waals surface area contributed by atoms with E-state index in [4.69, 9.17) is 4.42 Å². The van der Waals surface area contributed by atoms with Gasteiger partial charge < -0.3 is 14.7 Å². The number of nitrogens with zero attached hydrogens (tertiary/aromatic N) is 2. The van der Waals surface area contributed by atoms with Crippen molar-refractivity contribution in [3.05, 3.63) is 64.6 Å². The molecular weight excluding hydrogens is 320 g/mol. The lowest BCUT2D eigenvalue weighted by Gasteiger charge is -2.17. The molecule has 2 N–H and O–H groups in total. The number of fused-ring (bicyclic) bond motifs is 1. The molecule has 1 aromatic carbocycles. The molecule has 25 heavy (non-hydrogen) atoms. The van der Waals surface area contributed by atoms with Crippen molar-refractivity contribution in [3.63, 3.8) is 0 Å². The van der Waals surface area contributed by atoms with Gasteiger partial charge in [-0.1, -0.05) is 12.1 Å². The van der Waals surface area contributed by atoms with Gasteiger partial charge in [0.15, 0.2) is 0 Å². The first kappa shape index (κ1) is 16.9. The van der Waals surface area contributed by atoms with Gasteiger partial charge in [-0.25, -0.2) is 4.98 Å². The van der Waals surface area contributed by atoms with Gasteiger partial charge >= 0.3 is 0 Å². The lowest BCUT2D eigenvalue weighted by atomic mass is 10.2. The van der Waals surface area contributed by atoms with Gasteiger partial charge in [0.05, 0.1) is 36.3 Å². The summed E-state index contributed by atoms with van der Waals surface area (Å²) in [5.41, 5.74) is 0.468. The van der Waals surface area contributed by atoms with Gasteiger partial charge in [-0.15, -0.1) is 0 Å². The highest BCUT2D eigenvalue weighted by Crippen LogP contribution is 2.12. The van der Waals surface area contributed by atoms with Gasteiger partial charge in [-0.3, -0.25) is 14.5 Å². The molecule has 0 radical (unpaired) electrons. The number of para-hydroxylation sites is 1. The average Bonchev–Trinajstić information content (AvgIpc) is 3.09. The van der Waals surface area contributed by atoms with Gasteiger partial charge in [0.2, 0.25) is 5.91 Å². The minimum Gasteiger partial charge on any atom is -0.467 e. The summed E-state index contributed by atoms with van der Waals surface area (Å²) < 4.78 is 5.27. The van der Waals surface area contributed by atoms with E-state index in [2.05, 4.69) is 15.3 Å². The largest absolute Gasteiger partial charge is 0.467 e. The van der Waals surface area contributed by atoms with E-state index in [1.165, 1.54) is 0 Å². The van der Waals surface area contributed by atoms with Crippen molar-refractivity contribution < 1.29 is 9.21 Å². The molecule has 3 aromatic rings. The predicted octanol–water partition coefficient (Wildman–Crippen LogP) is 1.83. The van der Waals surface area contributed by atoms with Crippen LogP contribution in [0.2, 0.25) is 0 Å². The van der Waals surface area contributed by atoms with Crippen molar-refractivity contribution in [2.45, 2.75) is 19.5 Å². The van der Waals surface area contributed by atoms with E-state index in [0.29, 0.717) is 29.0 Å². The van der Waals surface area contributed by atoms with Crippen LogP contribution in [-0.4, -0.2) is 34.4 Å². The molecular formula is C18H20N4O3. The summed E-state index contributed by atoms with van der Waals surface area (Å²) in [6.07, 6.45) is 1.58. The fourth-order valence-corrected chi connectivity index (χ4v) is 2.66. The SMILES string of the molecule is C[C@H](NC(=O)CN(C)Cc1nc2ccccc2c(=O)[nH]1)c1ccco1. The van der Waals surface area contributed by atoms with Gasteiger partial charge in [-0.05, 0) is 38.2 Å². The Morgan fingerprint density at radius 1 is 1.32 bits per heavy atom. The number of aromatic amines is 1. The number of aromatic nitrogens is 2. The third kappa shape index (κ3) is 4.13. The molecule has 1 atom stereocenters. The van der Waals surface area contributed by atoms with Crippen molar-refractivity contribution in [2.75, 3.05) is 13.6 Å². The van der Waals surface area contributed by atoms with Crippen molar-refractivity contribution in [3.8, 4) is 0 Å². The van der Waals surface area contributed by atoms with Crippen molar-refractivity contribution in [1.82, 2.24) is 20.2 Å². The quantitative estimate of drug-likeness (QED) is 0.714. The molecule has 2 aromatic heterocycles. The molecule has 0 saturated carbocycles. The second-order valence-electron chi connectivity index (χ2n) is 6.01. The second-order valence-corrected chi connectivity index (χ2v) is 6.01. The Kier molecular flexibility index (Phi) is 4.95. The maximum Gasteiger partial charge on any atom is 0.258 e. The van der Waals surface area contributed by atoms with Crippen LogP contribution in [0.5, 0.6) is 0 Å². The van der Waals surface area contributed by atoms with E-state index < -0.39 is 0 Å². The highest BCUT2D eigenvalue weighted by atomic mass is 16.3. The number of carbonyl (C=O) groups excluding carboxylic acids is 1. The molecule has 0 aliphatic heterocycles. The van der Waals surface area contributed by atoms with Crippen LogP contribution in [0, 0.1) is 0 Å². The van der Waals surface area contributed by atoms with Crippen LogP contribution < -0.4 is 10.9 Å². The summed E-state index contributed by atoms with van der Waals surface area (Å²) >= 11 is 0. The van der Waals surface area contributed by atoms with Crippen LogP contribution in [0.4, 0.5) is 0 Å². The maximum atomic E-state index is 12.1. The van der Waals surface area contributed by atoms with Crippen LogP contribution in [0.1, 0.15) is 24.6 Å². The molecule has 130 valence electrons. The van der Waals surface area contributed by atoms with Crippen LogP contribution >= 0.6 is 0 Å². The van der Waals surface area contributed by atoms with E-state index in [-0.39, 0.29) is 24.1 Å². The zero-order chi connectivity index (χ0) is 17.8. The minimum atomic E-state index is -0.200. The predicted molar refractivity (Wildman–Crippen MR) is 94.0 cm³/mol. The molecule has 0 fully saturated rings. The highest BCUT2D eigenvalue weighted by Gasteiger charge is 2.14. The standard InChI is InChI=1S/C18H20N4O3/c1-12(15-8-5-9-25-15)19-17(23)11-22(2)10-16-20-14-7-4-3-6-13(14)18(24)21-16/h3-9,12H,10-11H2,1-2H3,(H,19,23)(H,20,21,24)/t12-/m0/s1. The Hall–Kier alpha value is -2.93. The summed E-state index contributed by atoms with van der Waals surface area (Å²) in [6.45, 7) is 2.41. The number of furan rings is 1. The molecule has 2 heterocycles. The molecule has 1 amide bonds. The molecule has 0 saturated heterocycles. The lowest BCUT2D eigenvalue weighted by molar-refractivity contribution is -0.122. The van der Waals surface area contributed by atoms with E-state index in [1.54, 1.807) is 42.5 Å². The topological polar surface area (TPSA) is 91.2 Å². The zero-order valence-electron chi connectivity index (χ0n) is 14.2. The van der Waals surface area contributed by atoms with Crippen LogP contribution in [0.15, 0.2) is 51.9 Å². The summed E-state index contributed by atoms with van der Waals surface area (Å²) in [5, 5.41) is 3.43. The van der Waals surface area contributed by atoms with Gasteiger partial charge in [-0.2, -0.15) is 0 Å². The van der Waals surface area contributed by atoms with Crippen LogP contribution in [0.25, 0.3) is 10.9 Å². The molecule has 3 rings (SSSR count). The summed E-state index contributed by atoms with van der Waals surface area (Å²) in [7, 11) is 1.80. The summed E-state index contributed by atoms with van der Waals surface area (Å²) in [5.74, 6) is 1.10. The molecule has 7 heteroatoms. The fraction of sp³-hybridized carbons (Fsp3) is 0.278. The number of nitrogens with one attached hydrogen (secondary N) is 2. The smallest absolute Gasteiger partial charge is 0.258 e. The number of H-pyrrole nitrogens is 1. The Labute approximate surface area is 144 Å². The van der Waals surface area contributed by atoms with Gasteiger partial charge in [0.1, 0.15) is 11.6 Å². The van der Waals surface area contributed by atoms with E-state index in [0.717, 1.165) is 0 Å². The minimum absolute atomic E-state index is 0.130. The molecule has 0 aliphatic rings. The van der Waals surface area contributed by atoms with E-state index >= 15 is 0 Å².